The fraction of sp³-hybridized carbons (Fsp3) is 0.545. The molecule has 2 aliphatic heterocycles. The predicted octanol–water partition coefficient (Wildman–Crippen LogP) is 3.20. The minimum absolute atomic E-state index is 0.0904. The van der Waals surface area contributed by atoms with E-state index < -0.39 is 0 Å². The Kier molecular flexibility index (Phi) is 4.68. The highest BCUT2D eigenvalue weighted by atomic mass is 16.5. The lowest BCUT2D eigenvalue weighted by molar-refractivity contribution is -0.154. The van der Waals surface area contributed by atoms with Crippen molar-refractivity contribution in [2.75, 3.05) is 26.3 Å². The van der Waals surface area contributed by atoms with E-state index in [1.54, 1.807) is 0 Å². The molecule has 5 heteroatoms. The summed E-state index contributed by atoms with van der Waals surface area (Å²) in [5, 5.41) is 3.89. The van der Waals surface area contributed by atoms with Gasteiger partial charge in [-0.1, -0.05) is 43.7 Å². The van der Waals surface area contributed by atoms with Crippen molar-refractivity contribution in [1.29, 1.82) is 0 Å². The smallest absolute Gasteiger partial charge is 0.242 e. The Hall–Kier alpha value is -1.98. The standard InChI is InChI=1S/C22H28N2O3/c1-15-5-4-6-16(11-15)17-12-20(26)24(23-7-9-27-10-8-23)18-13-22(2,3)14-19(25)21(17)18/h4-6,11,17H,7-10,12-14H2,1-3H3. The lowest BCUT2D eigenvalue weighted by Crippen LogP contribution is -2.55. The maximum absolute atomic E-state index is 13.2. The molecular formula is C22H28N2O3. The van der Waals surface area contributed by atoms with Crippen molar-refractivity contribution in [3.63, 3.8) is 0 Å². The van der Waals surface area contributed by atoms with Crippen LogP contribution < -0.4 is 0 Å². The van der Waals surface area contributed by atoms with Gasteiger partial charge in [-0.3, -0.25) is 9.59 Å². The Bertz CT molecular complexity index is 806. The molecule has 2 heterocycles. The summed E-state index contributed by atoms with van der Waals surface area (Å²) in [5.74, 6) is 0.152. The molecule has 5 nitrogen and oxygen atoms in total. The maximum atomic E-state index is 13.2. The molecule has 0 bridgehead atoms. The predicted molar refractivity (Wildman–Crippen MR) is 103 cm³/mol. The van der Waals surface area contributed by atoms with Crippen molar-refractivity contribution < 1.29 is 14.3 Å². The van der Waals surface area contributed by atoms with E-state index in [1.807, 2.05) is 17.1 Å². The Balaban J connectivity index is 1.82. The van der Waals surface area contributed by atoms with Crippen molar-refractivity contribution in [2.45, 2.75) is 46.0 Å². The van der Waals surface area contributed by atoms with E-state index in [4.69, 9.17) is 4.74 Å². The average Bonchev–Trinajstić information content (AvgIpc) is 2.60. The van der Waals surface area contributed by atoms with Crippen LogP contribution in [0.1, 0.15) is 50.2 Å². The minimum atomic E-state index is -0.131. The Morgan fingerprint density at radius 1 is 1.11 bits per heavy atom. The van der Waals surface area contributed by atoms with Crippen molar-refractivity contribution in [3.8, 4) is 0 Å². The second kappa shape index (κ2) is 6.88. The van der Waals surface area contributed by atoms with E-state index in [2.05, 4.69) is 37.9 Å². The third-order valence-electron chi connectivity index (χ3n) is 5.83. The van der Waals surface area contributed by atoms with Gasteiger partial charge in [-0.2, -0.15) is 0 Å². The number of hydrazine groups is 1. The molecule has 1 aliphatic carbocycles. The number of Topliss-reactive ketones (excluding diaryl/α,β-unsaturated/α-hetero) is 1. The van der Waals surface area contributed by atoms with Crippen LogP contribution in [0, 0.1) is 12.3 Å². The molecule has 0 saturated carbocycles. The largest absolute Gasteiger partial charge is 0.379 e. The van der Waals surface area contributed by atoms with Crippen LogP contribution in [0.4, 0.5) is 0 Å². The molecule has 0 aromatic heterocycles. The molecule has 27 heavy (non-hydrogen) atoms. The van der Waals surface area contributed by atoms with E-state index >= 15 is 0 Å². The number of ketones is 1. The van der Waals surface area contributed by atoms with Crippen LogP contribution in [-0.2, 0) is 14.3 Å². The Morgan fingerprint density at radius 2 is 1.85 bits per heavy atom. The van der Waals surface area contributed by atoms with Gasteiger partial charge in [0, 0.05) is 43.1 Å². The van der Waals surface area contributed by atoms with Gasteiger partial charge in [-0.15, -0.1) is 0 Å². The molecule has 4 rings (SSSR count). The highest BCUT2D eigenvalue weighted by Crippen LogP contribution is 2.47. The van der Waals surface area contributed by atoms with Crippen LogP contribution in [0.15, 0.2) is 35.5 Å². The van der Waals surface area contributed by atoms with Gasteiger partial charge in [-0.25, -0.2) is 10.0 Å². The van der Waals surface area contributed by atoms with Crippen molar-refractivity contribution >= 4 is 11.7 Å². The molecule has 3 aliphatic rings. The summed E-state index contributed by atoms with van der Waals surface area (Å²) in [6, 6.07) is 8.23. The fourth-order valence-corrected chi connectivity index (χ4v) is 4.65. The number of hydrogen-bond donors (Lipinski definition) is 0. The number of amides is 1. The van der Waals surface area contributed by atoms with Crippen molar-refractivity contribution in [1.82, 2.24) is 10.0 Å². The third kappa shape index (κ3) is 3.46. The molecule has 0 spiro atoms. The first kappa shape index (κ1) is 18.4. The third-order valence-corrected chi connectivity index (χ3v) is 5.83. The van der Waals surface area contributed by atoms with Crippen LogP contribution in [0.25, 0.3) is 0 Å². The quantitative estimate of drug-likeness (QED) is 0.804. The van der Waals surface area contributed by atoms with Crippen LogP contribution in [0.2, 0.25) is 0 Å². The van der Waals surface area contributed by atoms with E-state index in [9.17, 15) is 9.59 Å². The van der Waals surface area contributed by atoms with Gasteiger partial charge in [0.2, 0.25) is 5.91 Å². The number of benzene rings is 1. The van der Waals surface area contributed by atoms with E-state index in [0.717, 1.165) is 28.8 Å². The number of morpholine rings is 1. The number of carbonyl (C=O) groups is 2. The molecule has 1 atom stereocenters. The van der Waals surface area contributed by atoms with Crippen LogP contribution in [0.3, 0.4) is 0 Å². The van der Waals surface area contributed by atoms with Gasteiger partial charge in [0.25, 0.3) is 0 Å². The lowest BCUT2D eigenvalue weighted by atomic mass is 9.69. The lowest BCUT2D eigenvalue weighted by Gasteiger charge is -2.47. The number of ether oxygens (including phenoxy) is 1. The molecule has 1 fully saturated rings. The fourth-order valence-electron chi connectivity index (χ4n) is 4.65. The first-order valence-electron chi connectivity index (χ1n) is 9.84. The van der Waals surface area contributed by atoms with Gasteiger partial charge in [0.15, 0.2) is 5.78 Å². The van der Waals surface area contributed by atoms with E-state index in [1.165, 1.54) is 0 Å². The summed E-state index contributed by atoms with van der Waals surface area (Å²) in [5.41, 5.74) is 3.87. The van der Waals surface area contributed by atoms with Crippen LogP contribution in [-0.4, -0.2) is 48.0 Å². The second-order valence-corrected chi connectivity index (χ2v) is 8.74. The Morgan fingerprint density at radius 3 is 2.56 bits per heavy atom. The summed E-state index contributed by atoms with van der Waals surface area (Å²) in [4.78, 5) is 26.4. The number of hydrogen-bond acceptors (Lipinski definition) is 4. The van der Waals surface area contributed by atoms with Crippen LogP contribution >= 0.6 is 0 Å². The molecular weight excluding hydrogens is 340 g/mol. The molecule has 0 N–H and O–H groups in total. The SMILES string of the molecule is Cc1cccc(C2CC(=O)N(N3CCOCC3)C3=C2C(=O)CC(C)(C)C3)c1. The molecule has 1 aromatic rings. The maximum Gasteiger partial charge on any atom is 0.242 e. The number of allylic oxidation sites excluding steroid dienone is 2. The molecule has 1 saturated heterocycles. The second-order valence-electron chi connectivity index (χ2n) is 8.74. The zero-order valence-corrected chi connectivity index (χ0v) is 16.5. The topological polar surface area (TPSA) is 49.9 Å². The van der Waals surface area contributed by atoms with Crippen molar-refractivity contribution in [2.24, 2.45) is 5.41 Å². The highest BCUT2D eigenvalue weighted by molar-refractivity contribution is 6.02. The van der Waals surface area contributed by atoms with Gasteiger partial charge in [-0.05, 0) is 24.3 Å². The Labute approximate surface area is 160 Å². The van der Waals surface area contributed by atoms with E-state index in [0.29, 0.717) is 39.1 Å². The first-order chi connectivity index (χ1) is 12.9. The average molecular weight is 368 g/mol. The molecule has 0 radical (unpaired) electrons. The summed E-state index contributed by atoms with van der Waals surface area (Å²) in [6.45, 7) is 8.89. The normalized spacial score (nSPS) is 26.3. The minimum Gasteiger partial charge on any atom is -0.379 e. The van der Waals surface area contributed by atoms with Gasteiger partial charge in [0.05, 0.1) is 13.2 Å². The summed E-state index contributed by atoms with van der Waals surface area (Å²) in [6.07, 6.45) is 1.64. The molecule has 144 valence electrons. The monoisotopic (exact) mass is 368 g/mol. The molecule has 1 aromatic carbocycles. The molecule has 1 amide bonds. The van der Waals surface area contributed by atoms with Gasteiger partial charge >= 0.3 is 0 Å². The van der Waals surface area contributed by atoms with Gasteiger partial charge < -0.3 is 4.74 Å². The van der Waals surface area contributed by atoms with E-state index in [-0.39, 0.29) is 23.0 Å². The number of aryl methyl sites for hydroxylation is 1. The number of carbonyl (C=O) groups excluding carboxylic acids is 2. The van der Waals surface area contributed by atoms with Gasteiger partial charge in [0.1, 0.15) is 0 Å². The molecule has 1 unspecified atom stereocenters. The number of nitrogens with zero attached hydrogens (tertiary/aromatic N) is 2. The summed E-state index contributed by atoms with van der Waals surface area (Å²) in [7, 11) is 0. The first-order valence-corrected chi connectivity index (χ1v) is 9.84. The zero-order valence-electron chi connectivity index (χ0n) is 16.5. The highest BCUT2D eigenvalue weighted by Gasteiger charge is 2.45. The summed E-state index contributed by atoms with van der Waals surface area (Å²) < 4.78 is 5.46. The van der Waals surface area contributed by atoms with Crippen LogP contribution in [0.5, 0.6) is 0 Å². The number of rotatable bonds is 2. The zero-order chi connectivity index (χ0) is 19.2. The summed E-state index contributed by atoms with van der Waals surface area (Å²) >= 11 is 0. The van der Waals surface area contributed by atoms with Crippen molar-refractivity contribution in [3.05, 3.63) is 46.7 Å².